The minimum Gasteiger partial charge on any atom is -0.507 e. The van der Waals surface area contributed by atoms with Crippen molar-refractivity contribution in [3.63, 3.8) is 0 Å². The van der Waals surface area contributed by atoms with E-state index in [0.717, 1.165) is 4.47 Å². The summed E-state index contributed by atoms with van der Waals surface area (Å²) >= 11 is 3.36. The summed E-state index contributed by atoms with van der Waals surface area (Å²) in [7, 11) is 5.46. The van der Waals surface area contributed by atoms with E-state index >= 15 is 0 Å². The highest BCUT2D eigenvalue weighted by Crippen LogP contribution is 2.53. The van der Waals surface area contributed by atoms with Crippen molar-refractivity contribution in [3.8, 4) is 0 Å². The number of rotatable bonds is 5. The molecule has 1 N–H and O–H groups in total. The Morgan fingerprint density at radius 2 is 1.72 bits per heavy atom. The third-order valence-electron chi connectivity index (χ3n) is 6.04. The number of carbonyl (C=O) groups is 3. The van der Waals surface area contributed by atoms with Crippen LogP contribution in [0.5, 0.6) is 0 Å². The highest BCUT2D eigenvalue weighted by Gasteiger charge is 2.66. The van der Waals surface area contributed by atoms with Crippen LogP contribution in [-0.2, 0) is 19.9 Å². The van der Waals surface area contributed by atoms with E-state index in [9.17, 15) is 19.5 Å². The van der Waals surface area contributed by atoms with E-state index in [2.05, 4.69) is 15.9 Å². The number of Topliss-reactive ketones (excluding diaryl/α,β-unsaturated/α-hetero) is 1. The minimum atomic E-state index is -1.69. The first kappa shape index (κ1) is 22.2. The lowest BCUT2D eigenvalue weighted by Crippen LogP contribution is -2.51. The number of para-hydroxylation sites is 1. The number of halogens is 1. The molecule has 1 atom stereocenters. The Morgan fingerprint density at radius 3 is 2.38 bits per heavy atom. The summed E-state index contributed by atoms with van der Waals surface area (Å²) in [5.41, 5.74) is -0.382. The van der Waals surface area contributed by atoms with Crippen LogP contribution in [0.1, 0.15) is 17.5 Å². The van der Waals surface area contributed by atoms with Gasteiger partial charge >= 0.3 is 0 Å². The number of likely N-dealkylation sites (N-methyl/N-ethyl adjacent to an activating group) is 1. The van der Waals surface area contributed by atoms with Crippen LogP contribution >= 0.6 is 15.9 Å². The van der Waals surface area contributed by atoms with Gasteiger partial charge in [0.25, 0.3) is 17.6 Å². The number of hydrogen-bond donors (Lipinski definition) is 1. The molecule has 0 radical (unpaired) electrons. The Balaban J connectivity index is 1.98. The molecule has 166 valence electrons. The molecule has 1 saturated heterocycles. The average Bonchev–Trinajstić information content (AvgIpc) is 3.13. The molecular formula is C24H24BrN3O4. The molecule has 1 fully saturated rings. The number of fused-ring (bicyclic) bond motifs is 2. The number of ketones is 1. The molecule has 2 aromatic carbocycles. The maximum absolute atomic E-state index is 13.8. The molecule has 2 amide bonds. The van der Waals surface area contributed by atoms with Crippen molar-refractivity contribution in [1.82, 2.24) is 9.80 Å². The lowest BCUT2D eigenvalue weighted by Gasteiger charge is -2.34. The van der Waals surface area contributed by atoms with E-state index in [1.165, 1.54) is 9.80 Å². The molecule has 1 unspecified atom stereocenters. The van der Waals surface area contributed by atoms with Crippen LogP contribution in [0.15, 0.2) is 58.6 Å². The summed E-state index contributed by atoms with van der Waals surface area (Å²) in [6, 6.07) is 13.8. The number of nitrogens with zero attached hydrogens (tertiary/aromatic N) is 3. The zero-order chi connectivity index (χ0) is 23.2. The van der Waals surface area contributed by atoms with Crippen LogP contribution in [0.2, 0.25) is 0 Å². The van der Waals surface area contributed by atoms with Gasteiger partial charge in [0.1, 0.15) is 5.76 Å². The van der Waals surface area contributed by atoms with Crippen LogP contribution in [0.25, 0.3) is 5.76 Å². The summed E-state index contributed by atoms with van der Waals surface area (Å²) in [5, 5.41) is 11.3. The van der Waals surface area contributed by atoms with E-state index in [4.69, 9.17) is 0 Å². The van der Waals surface area contributed by atoms with Crippen molar-refractivity contribution in [3.05, 3.63) is 69.7 Å². The zero-order valence-corrected chi connectivity index (χ0v) is 19.7. The standard InChI is InChI=1S/C24H24BrN3O4/c1-26(2)13-6-14-28-22(31)21(30)19(20(29)15-9-11-16(25)12-10-15)24(28)17-7-4-5-8-18(17)27(3)23(24)32/h4-5,7-12,29H,6,13-14H2,1-3H3/b20-19-. The lowest BCUT2D eigenvalue weighted by molar-refractivity contribution is -0.143. The normalized spacial score (nSPS) is 21.8. The van der Waals surface area contributed by atoms with E-state index in [1.807, 2.05) is 19.0 Å². The Labute approximate surface area is 195 Å². The molecule has 2 aliphatic heterocycles. The fraction of sp³-hybridized carbons (Fsp3) is 0.292. The second-order valence-electron chi connectivity index (χ2n) is 8.26. The Kier molecular flexibility index (Phi) is 5.68. The smallest absolute Gasteiger partial charge is 0.296 e. The minimum absolute atomic E-state index is 0.184. The SMILES string of the molecule is CN(C)CCCN1C(=O)C(=O)/C(=C(/O)c2ccc(Br)cc2)C12C(=O)N(C)c1ccccc12. The van der Waals surface area contributed by atoms with E-state index in [0.29, 0.717) is 29.8 Å². The van der Waals surface area contributed by atoms with Crippen molar-refractivity contribution in [1.29, 1.82) is 0 Å². The summed E-state index contributed by atoms with van der Waals surface area (Å²) in [6.07, 6.45) is 0.569. The highest BCUT2D eigenvalue weighted by molar-refractivity contribution is 9.10. The van der Waals surface area contributed by atoms with Crippen LogP contribution in [-0.4, -0.2) is 66.7 Å². The zero-order valence-electron chi connectivity index (χ0n) is 18.1. The van der Waals surface area contributed by atoms with Crippen LogP contribution in [0, 0.1) is 0 Å². The molecule has 2 heterocycles. The van der Waals surface area contributed by atoms with Crippen molar-refractivity contribution in [2.24, 2.45) is 0 Å². The van der Waals surface area contributed by atoms with Crippen molar-refractivity contribution >= 4 is 45.0 Å². The average molecular weight is 498 g/mol. The van der Waals surface area contributed by atoms with Gasteiger partial charge in [-0.2, -0.15) is 0 Å². The van der Waals surface area contributed by atoms with Gasteiger partial charge in [-0.15, -0.1) is 0 Å². The number of likely N-dealkylation sites (tertiary alicyclic amines) is 1. The van der Waals surface area contributed by atoms with Gasteiger partial charge in [0, 0.05) is 34.9 Å². The summed E-state index contributed by atoms with van der Waals surface area (Å²) in [5.74, 6) is -2.42. The van der Waals surface area contributed by atoms with E-state index < -0.39 is 23.1 Å². The summed E-state index contributed by atoms with van der Waals surface area (Å²) < 4.78 is 0.801. The fourth-order valence-corrected chi connectivity index (χ4v) is 4.83. The fourth-order valence-electron chi connectivity index (χ4n) is 4.57. The van der Waals surface area contributed by atoms with Crippen molar-refractivity contribution < 1.29 is 19.5 Å². The first-order valence-electron chi connectivity index (χ1n) is 10.3. The summed E-state index contributed by atoms with van der Waals surface area (Å²) in [6.45, 7) is 0.880. The van der Waals surface area contributed by atoms with Gasteiger partial charge in [0.2, 0.25) is 0 Å². The highest BCUT2D eigenvalue weighted by atomic mass is 79.9. The second-order valence-corrected chi connectivity index (χ2v) is 9.18. The third-order valence-corrected chi connectivity index (χ3v) is 6.57. The quantitative estimate of drug-likeness (QED) is 0.390. The molecule has 0 aromatic heterocycles. The third kappa shape index (κ3) is 3.17. The van der Waals surface area contributed by atoms with Gasteiger partial charge in [-0.25, -0.2) is 0 Å². The second kappa shape index (κ2) is 8.18. The lowest BCUT2D eigenvalue weighted by atomic mass is 9.82. The Morgan fingerprint density at radius 1 is 1.06 bits per heavy atom. The van der Waals surface area contributed by atoms with Crippen LogP contribution in [0.4, 0.5) is 5.69 Å². The number of benzene rings is 2. The predicted octanol–water partition coefficient (Wildman–Crippen LogP) is 2.95. The molecule has 0 aliphatic carbocycles. The van der Waals surface area contributed by atoms with Gasteiger partial charge < -0.3 is 19.8 Å². The molecule has 32 heavy (non-hydrogen) atoms. The van der Waals surface area contributed by atoms with Gasteiger partial charge in [-0.3, -0.25) is 14.4 Å². The number of aliphatic hydroxyl groups is 1. The molecule has 0 bridgehead atoms. The van der Waals surface area contributed by atoms with Gasteiger partial charge in [-0.1, -0.05) is 46.3 Å². The van der Waals surface area contributed by atoms with Crippen LogP contribution < -0.4 is 4.90 Å². The maximum atomic E-state index is 13.8. The van der Waals surface area contributed by atoms with E-state index in [1.54, 1.807) is 55.6 Å². The molecule has 1 spiro atoms. The maximum Gasteiger partial charge on any atom is 0.296 e. The molecule has 7 nitrogen and oxygen atoms in total. The Hall–Kier alpha value is -2.97. The monoisotopic (exact) mass is 497 g/mol. The first-order chi connectivity index (χ1) is 15.2. The van der Waals surface area contributed by atoms with Crippen LogP contribution in [0.3, 0.4) is 0 Å². The topological polar surface area (TPSA) is 81.2 Å². The molecule has 2 aliphatic rings. The molecule has 4 rings (SSSR count). The Bertz CT molecular complexity index is 1140. The number of carbonyl (C=O) groups excluding carboxylic acids is 3. The first-order valence-corrected chi connectivity index (χ1v) is 11.1. The van der Waals surface area contributed by atoms with Crippen molar-refractivity contribution in [2.45, 2.75) is 12.0 Å². The molecular weight excluding hydrogens is 474 g/mol. The molecule has 2 aromatic rings. The largest absolute Gasteiger partial charge is 0.507 e. The summed E-state index contributed by atoms with van der Waals surface area (Å²) in [4.78, 5) is 45.1. The number of anilines is 1. The number of amides is 2. The molecule has 8 heteroatoms. The number of hydrogen-bond acceptors (Lipinski definition) is 5. The van der Waals surface area contributed by atoms with Gasteiger partial charge in [0.15, 0.2) is 5.54 Å². The molecule has 0 saturated carbocycles. The van der Waals surface area contributed by atoms with Gasteiger partial charge in [0.05, 0.1) is 5.57 Å². The predicted molar refractivity (Wildman–Crippen MR) is 125 cm³/mol. The van der Waals surface area contributed by atoms with Crippen molar-refractivity contribution in [2.75, 3.05) is 39.1 Å². The van der Waals surface area contributed by atoms with Gasteiger partial charge in [-0.05, 0) is 45.3 Å². The van der Waals surface area contributed by atoms with E-state index in [-0.39, 0.29) is 17.9 Å². The number of aliphatic hydroxyl groups excluding tert-OH is 1.